The van der Waals surface area contributed by atoms with Gasteiger partial charge in [0.1, 0.15) is 5.37 Å². The Morgan fingerprint density at radius 1 is 1.14 bits per heavy atom. The van der Waals surface area contributed by atoms with Gasteiger partial charge < -0.3 is 23.8 Å². The molecule has 1 aromatic rings. The molecule has 0 aromatic heterocycles. The summed E-state index contributed by atoms with van der Waals surface area (Å²) in [5.74, 6) is 2.30. The summed E-state index contributed by atoms with van der Waals surface area (Å²) < 4.78 is 21.2. The van der Waals surface area contributed by atoms with Crippen molar-refractivity contribution in [1.82, 2.24) is 4.90 Å². The Balaban J connectivity index is 2.36. The number of benzene rings is 1. The Kier molecular flexibility index (Phi) is 5.79. The van der Waals surface area contributed by atoms with Gasteiger partial charge in [-0.3, -0.25) is 4.79 Å². The van der Waals surface area contributed by atoms with Crippen LogP contribution in [0.5, 0.6) is 17.2 Å². The van der Waals surface area contributed by atoms with Gasteiger partial charge in [0.25, 0.3) is 0 Å². The molecule has 0 bridgehead atoms. The molecule has 122 valence electrons. The monoisotopic (exact) mass is 327 g/mol. The first-order valence-corrected chi connectivity index (χ1v) is 7.91. The van der Waals surface area contributed by atoms with E-state index in [9.17, 15) is 4.79 Å². The maximum atomic E-state index is 12.1. The first-order valence-electron chi connectivity index (χ1n) is 6.86. The summed E-state index contributed by atoms with van der Waals surface area (Å²) in [5, 5.41) is -0.0728. The number of ether oxygens (including phenoxy) is 4. The maximum Gasteiger partial charge on any atom is 0.233 e. The third-order valence-electron chi connectivity index (χ3n) is 3.48. The molecular formula is C15H21NO5S. The number of methoxy groups -OCH3 is 4. The topological polar surface area (TPSA) is 57.2 Å². The van der Waals surface area contributed by atoms with Gasteiger partial charge in [0.15, 0.2) is 11.5 Å². The third kappa shape index (κ3) is 3.25. The first kappa shape index (κ1) is 16.8. The lowest BCUT2D eigenvalue weighted by Crippen LogP contribution is -2.31. The highest BCUT2D eigenvalue weighted by atomic mass is 32.2. The highest BCUT2D eigenvalue weighted by Crippen LogP contribution is 2.45. The smallest absolute Gasteiger partial charge is 0.233 e. The standard InChI is InChI=1S/C15H21NO5S/c1-18-6-5-16-13(17)9-22-15(16)10-7-11(19-2)14(21-4)12(8-10)20-3/h7-8,15H,5-6,9H2,1-4H3. The van der Waals surface area contributed by atoms with Gasteiger partial charge in [-0.05, 0) is 17.7 Å². The molecule has 1 aliphatic heterocycles. The minimum absolute atomic E-state index is 0.0728. The molecule has 1 saturated heterocycles. The second-order valence-corrected chi connectivity index (χ2v) is 5.77. The van der Waals surface area contributed by atoms with Crippen molar-refractivity contribution >= 4 is 17.7 Å². The average Bonchev–Trinajstić information content (AvgIpc) is 2.92. The second-order valence-electron chi connectivity index (χ2n) is 4.70. The van der Waals surface area contributed by atoms with Crippen molar-refractivity contribution in [3.05, 3.63) is 17.7 Å². The quantitative estimate of drug-likeness (QED) is 0.763. The van der Waals surface area contributed by atoms with Crippen LogP contribution in [0.15, 0.2) is 12.1 Å². The zero-order valence-electron chi connectivity index (χ0n) is 13.3. The number of rotatable bonds is 7. The van der Waals surface area contributed by atoms with Crippen LogP contribution in [0.4, 0.5) is 0 Å². The lowest BCUT2D eigenvalue weighted by atomic mass is 10.1. The van der Waals surface area contributed by atoms with E-state index in [4.69, 9.17) is 18.9 Å². The van der Waals surface area contributed by atoms with Crippen molar-refractivity contribution < 1.29 is 23.7 Å². The number of carbonyl (C=O) groups excluding carboxylic acids is 1. The fourth-order valence-corrected chi connectivity index (χ4v) is 3.60. The first-order chi connectivity index (χ1) is 10.7. The summed E-state index contributed by atoms with van der Waals surface area (Å²) in [4.78, 5) is 13.9. The minimum Gasteiger partial charge on any atom is -0.493 e. The van der Waals surface area contributed by atoms with Crippen LogP contribution in [-0.2, 0) is 9.53 Å². The molecule has 1 unspecified atom stereocenters. The van der Waals surface area contributed by atoms with Crippen LogP contribution in [0.1, 0.15) is 10.9 Å². The lowest BCUT2D eigenvalue weighted by Gasteiger charge is -2.25. The molecule has 1 heterocycles. The third-order valence-corrected chi connectivity index (χ3v) is 4.73. The van der Waals surface area contributed by atoms with Crippen LogP contribution >= 0.6 is 11.8 Å². The molecule has 1 atom stereocenters. The zero-order chi connectivity index (χ0) is 16.1. The maximum absolute atomic E-state index is 12.1. The Labute approximate surface area is 134 Å². The van der Waals surface area contributed by atoms with Crippen LogP contribution in [0.3, 0.4) is 0 Å². The molecule has 6 nitrogen and oxygen atoms in total. The molecule has 1 fully saturated rings. The van der Waals surface area contributed by atoms with Crippen molar-refractivity contribution in [2.45, 2.75) is 5.37 Å². The Morgan fingerprint density at radius 3 is 2.27 bits per heavy atom. The van der Waals surface area contributed by atoms with E-state index in [-0.39, 0.29) is 11.3 Å². The summed E-state index contributed by atoms with van der Waals surface area (Å²) in [6.45, 7) is 1.07. The lowest BCUT2D eigenvalue weighted by molar-refractivity contribution is -0.128. The molecule has 7 heteroatoms. The molecule has 0 radical (unpaired) electrons. The van der Waals surface area contributed by atoms with Gasteiger partial charge in [-0.25, -0.2) is 0 Å². The molecule has 22 heavy (non-hydrogen) atoms. The number of nitrogens with zero attached hydrogens (tertiary/aromatic N) is 1. The average molecular weight is 327 g/mol. The highest BCUT2D eigenvalue weighted by molar-refractivity contribution is 8.00. The van der Waals surface area contributed by atoms with Gasteiger partial charge in [-0.1, -0.05) is 0 Å². The van der Waals surface area contributed by atoms with E-state index in [1.807, 2.05) is 17.0 Å². The summed E-state index contributed by atoms with van der Waals surface area (Å²) in [5.41, 5.74) is 0.946. The van der Waals surface area contributed by atoms with Crippen LogP contribution in [0, 0.1) is 0 Å². The minimum atomic E-state index is -0.0728. The van der Waals surface area contributed by atoms with Crippen molar-refractivity contribution in [3.63, 3.8) is 0 Å². The summed E-state index contributed by atoms with van der Waals surface area (Å²) in [7, 11) is 6.36. The predicted molar refractivity (Wildman–Crippen MR) is 84.9 cm³/mol. The van der Waals surface area contributed by atoms with Gasteiger partial charge in [-0.2, -0.15) is 0 Å². The SMILES string of the molecule is COCCN1C(=O)CSC1c1cc(OC)c(OC)c(OC)c1. The van der Waals surface area contributed by atoms with Gasteiger partial charge in [0.2, 0.25) is 11.7 Å². The van der Waals surface area contributed by atoms with Crippen LogP contribution < -0.4 is 14.2 Å². The van der Waals surface area contributed by atoms with Gasteiger partial charge in [0, 0.05) is 13.7 Å². The van der Waals surface area contributed by atoms with E-state index < -0.39 is 0 Å². The van der Waals surface area contributed by atoms with Crippen LogP contribution in [-0.4, -0.2) is 58.2 Å². The summed E-state index contributed by atoms with van der Waals surface area (Å²) >= 11 is 1.58. The number of amides is 1. The number of thioether (sulfide) groups is 1. The Hall–Kier alpha value is -1.60. The molecule has 0 N–H and O–H groups in total. The van der Waals surface area contributed by atoms with Crippen molar-refractivity contribution in [2.24, 2.45) is 0 Å². The molecule has 0 saturated carbocycles. The van der Waals surface area contributed by atoms with E-state index in [2.05, 4.69) is 0 Å². The predicted octanol–water partition coefficient (Wildman–Crippen LogP) is 1.93. The van der Waals surface area contributed by atoms with E-state index in [1.54, 1.807) is 40.2 Å². The normalized spacial score (nSPS) is 17.7. The van der Waals surface area contributed by atoms with E-state index in [0.29, 0.717) is 36.2 Å². The largest absolute Gasteiger partial charge is 0.493 e. The number of hydrogen-bond donors (Lipinski definition) is 0. The molecule has 2 rings (SSSR count). The fourth-order valence-electron chi connectivity index (χ4n) is 2.41. The summed E-state index contributed by atoms with van der Waals surface area (Å²) in [6.07, 6.45) is 0. The van der Waals surface area contributed by atoms with Crippen LogP contribution in [0.25, 0.3) is 0 Å². The van der Waals surface area contributed by atoms with Gasteiger partial charge >= 0.3 is 0 Å². The molecule has 1 aliphatic rings. The van der Waals surface area contributed by atoms with Crippen molar-refractivity contribution in [1.29, 1.82) is 0 Å². The van der Waals surface area contributed by atoms with Crippen molar-refractivity contribution in [3.8, 4) is 17.2 Å². The number of hydrogen-bond acceptors (Lipinski definition) is 6. The fraction of sp³-hybridized carbons (Fsp3) is 0.533. The number of carbonyl (C=O) groups is 1. The molecular weight excluding hydrogens is 306 g/mol. The van der Waals surface area contributed by atoms with Crippen LogP contribution in [0.2, 0.25) is 0 Å². The van der Waals surface area contributed by atoms with Gasteiger partial charge in [0.05, 0.1) is 33.7 Å². The molecule has 0 aliphatic carbocycles. The Morgan fingerprint density at radius 2 is 1.77 bits per heavy atom. The van der Waals surface area contributed by atoms with E-state index >= 15 is 0 Å². The van der Waals surface area contributed by atoms with Crippen molar-refractivity contribution in [2.75, 3.05) is 47.3 Å². The summed E-state index contributed by atoms with van der Waals surface area (Å²) in [6, 6.07) is 3.77. The molecule has 1 amide bonds. The highest BCUT2D eigenvalue weighted by Gasteiger charge is 2.33. The zero-order valence-corrected chi connectivity index (χ0v) is 14.1. The van der Waals surface area contributed by atoms with Gasteiger partial charge in [-0.15, -0.1) is 11.8 Å². The molecule has 0 spiro atoms. The van der Waals surface area contributed by atoms with E-state index in [0.717, 1.165) is 5.56 Å². The Bertz CT molecular complexity index is 512. The van der Waals surface area contributed by atoms with E-state index in [1.165, 1.54) is 0 Å². The second kappa shape index (κ2) is 7.60. The molecule has 1 aromatic carbocycles.